The summed E-state index contributed by atoms with van der Waals surface area (Å²) in [6, 6.07) is 13.5. The van der Waals surface area contributed by atoms with Crippen LogP contribution in [0, 0.1) is 0 Å². The predicted molar refractivity (Wildman–Crippen MR) is 144 cm³/mol. The van der Waals surface area contributed by atoms with Crippen LogP contribution in [-0.2, 0) is 26.2 Å². The molecule has 0 aliphatic rings. The minimum atomic E-state index is -3.77. The summed E-state index contributed by atoms with van der Waals surface area (Å²) in [6.45, 7) is 9.30. The lowest BCUT2D eigenvalue weighted by molar-refractivity contribution is -0.139. The van der Waals surface area contributed by atoms with Gasteiger partial charge in [-0.2, -0.15) is 0 Å². The smallest absolute Gasteiger partial charge is 0.244 e. The van der Waals surface area contributed by atoms with Gasteiger partial charge in [-0.1, -0.05) is 45.0 Å². The van der Waals surface area contributed by atoms with Crippen LogP contribution in [0.5, 0.6) is 5.75 Å². The Kier molecular flexibility index (Phi) is 10.3. The summed E-state index contributed by atoms with van der Waals surface area (Å²) in [4.78, 5) is 28.0. The normalized spacial score (nSPS) is 13.1. The van der Waals surface area contributed by atoms with Gasteiger partial charge in [0.15, 0.2) is 0 Å². The van der Waals surface area contributed by atoms with E-state index in [1.807, 2.05) is 32.0 Å². The third-order valence-electron chi connectivity index (χ3n) is 6.18. The number of carbonyl (C=O) groups is 2. The molecule has 2 rings (SSSR count). The van der Waals surface area contributed by atoms with Crippen molar-refractivity contribution < 1.29 is 22.7 Å². The molecule has 198 valence electrons. The first kappa shape index (κ1) is 29.2. The molecular weight excluding hydrogens is 478 g/mol. The van der Waals surface area contributed by atoms with Gasteiger partial charge in [-0.25, -0.2) is 8.42 Å². The Hall–Kier alpha value is -3.07. The second-order valence-electron chi connectivity index (χ2n) is 9.38. The van der Waals surface area contributed by atoms with Gasteiger partial charge in [0.25, 0.3) is 0 Å². The molecule has 9 heteroatoms. The number of hydrogen-bond acceptors (Lipinski definition) is 5. The monoisotopic (exact) mass is 517 g/mol. The highest BCUT2D eigenvalue weighted by atomic mass is 32.2. The molecular formula is C27H39N3O5S. The first-order chi connectivity index (χ1) is 16.9. The van der Waals surface area contributed by atoms with E-state index in [1.54, 1.807) is 44.4 Å². The van der Waals surface area contributed by atoms with Crippen LogP contribution in [0.25, 0.3) is 0 Å². The quantitative estimate of drug-likeness (QED) is 0.460. The Bertz CT molecular complexity index is 1130. The summed E-state index contributed by atoms with van der Waals surface area (Å²) in [7, 11) is -2.21. The molecule has 0 radical (unpaired) electrons. The highest BCUT2D eigenvalue weighted by Gasteiger charge is 2.30. The molecule has 0 heterocycles. The number of benzene rings is 2. The van der Waals surface area contributed by atoms with Crippen LogP contribution >= 0.6 is 0 Å². The molecule has 2 amide bonds. The zero-order valence-electron chi connectivity index (χ0n) is 22.3. The number of ether oxygens (including phenoxy) is 1. The van der Waals surface area contributed by atoms with Crippen molar-refractivity contribution >= 4 is 27.5 Å². The number of carbonyl (C=O) groups excluding carboxylic acids is 2. The number of nitrogens with one attached hydrogen (secondary N) is 1. The Balaban J connectivity index is 2.40. The topological polar surface area (TPSA) is 96.0 Å². The van der Waals surface area contributed by atoms with Gasteiger partial charge in [-0.15, -0.1) is 0 Å². The van der Waals surface area contributed by atoms with E-state index >= 15 is 0 Å². The second kappa shape index (κ2) is 12.8. The van der Waals surface area contributed by atoms with E-state index in [0.29, 0.717) is 11.4 Å². The van der Waals surface area contributed by atoms with Gasteiger partial charge in [0, 0.05) is 12.6 Å². The van der Waals surface area contributed by atoms with Crippen molar-refractivity contribution in [2.45, 2.75) is 65.6 Å². The fourth-order valence-electron chi connectivity index (χ4n) is 3.65. The van der Waals surface area contributed by atoms with Crippen LogP contribution < -0.4 is 14.4 Å². The molecule has 0 aliphatic carbocycles. The van der Waals surface area contributed by atoms with E-state index in [2.05, 4.69) is 19.2 Å². The van der Waals surface area contributed by atoms with E-state index in [-0.39, 0.29) is 24.4 Å². The first-order valence-corrected chi connectivity index (χ1v) is 14.0. The molecule has 0 saturated heterocycles. The molecule has 2 aromatic carbocycles. The van der Waals surface area contributed by atoms with Gasteiger partial charge >= 0.3 is 0 Å². The maximum Gasteiger partial charge on any atom is 0.244 e. The highest BCUT2D eigenvalue weighted by molar-refractivity contribution is 7.92. The van der Waals surface area contributed by atoms with Crippen molar-refractivity contribution in [3.05, 3.63) is 59.7 Å². The zero-order valence-corrected chi connectivity index (χ0v) is 23.1. The lowest BCUT2D eigenvalue weighted by Crippen LogP contribution is -2.52. The maximum atomic E-state index is 13.6. The van der Waals surface area contributed by atoms with Crippen molar-refractivity contribution in [2.24, 2.45) is 0 Å². The Morgan fingerprint density at radius 2 is 1.67 bits per heavy atom. The fourth-order valence-corrected chi connectivity index (χ4v) is 4.50. The van der Waals surface area contributed by atoms with Crippen molar-refractivity contribution in [3.8, 4) is 5.75 Å². The minimum absolute atomic E-state index is 0.0549. The molecule has 0 saturated carbocycles. The molecule has 36 heavy (non-hydrogen) atoms. The average molecular weight is 518 g/mol. The van der Waals surface area contributed by atoms with Gasteiger partial charge < -0.3 is 15.0 Å². The summed E-state index contributed by atoms with van der Waals surface area (Å²) in [5.41, 5.74) is 2.22. The molecule has 0 unspecified atom stereocenters. The SMILES string of the molecule is CC[C@H](C)NC(=O)[C@@H](C)N(Cc1cccc(OC)c1)C(=O)CN(c1ccc(C(C)C)cc1)S(C)(=O)=O. The Labute approximate surface area is 215 Å². The largest absolute Gasteiger partial charge is 0.497 e. The molecule has 0 spiro atoms. The van der Waals surface area contributed by atoms with Crippen LogP contribution in [0.3, 0.4) is 0 Å². The van der Waals surface area contributed by atoms with Crippen molar-refractivity contribution in [1.82, 2.24) is 10.2 Å². The molecule has 0 bridgehead atoms. The van der Waals surface area contributed by atoms with Gasteiger partial charge in [0.1, 0.15) is 18.3 Å². The lowest BCUT2D eigenvalue weighted by atomic mass is 10.0. The minimum Gasteiger partial charge on any atom is -0.497 e. The second-order valence-corrected chi connectivity index (χ2v) is 11.3. The van der Waals surface area contributed by atoms with Crippen molar-refractivity contribution in [1.29, 1.82) is 0 Å². The van der Waals surface area contributed by atoms with E-state index in [4.69, 9.17) is 4.74 Å². The summed E-state index contributed by atoms with van der Waals surface area (Å²) < 4.78 is 31.8. The summed E-state index contributed by atoms with van der Waals surface area (Å²) in [6.07, 6.45) is 1.82. The van der Waals surface area contributed by atoms with E-state index < -0.39 is 28.5 Å². The summed E-state index contributed by atoms with van der Waals surface area (Å²) in [5, 5.41) is 2.92. The standard InChI is InChI=1S/C27H39N3O5S/c1-8-20(4)28-27(32)21(5)29(17-22-10-9-11-25(16-22)35-6)26(31)18-30(36(7,33)34)24-14-12-23(13-15-24)19(2)3/h9-16,19-21H,8,17-18H2,1-7H3,(H,28,32)/t20-,21+/m0/s1. The van der Waals surface area contributed by atoms with E-state index in [0.717, 1.165) is 28.1 Å². The molecule has 0 fully saturated rings. The van der Waals surface area contributed by atoms with Crippen LogP contribution in [0.2, 0.25) is 0 Å². The molecule has 0 aliphatic heterocycles. The van der Waals surface area contributed by atoms with Crippen LogP contribution in [0.4, 0.5) is 5.69 Å². The third kappa shape index (κ3) is 7.98. The van der Waals surface area contributed by atoms with Gasteiger partial charge in [0.05, 0.1) is 19.1 Å². The number of rotatable bonds is 12. The number of methoxy groups -OCH3 is 1. The number of amides is 2. The average Bonchev–Trinajstić information content (AvgIpc) is 2.84. The predicted octanol–water partition coefficient (Wildman–Crippen LogP) is 3.92. The van der Waals surface area contributed by atoms with Crippen molar-refractivity contribution in [2.75, 3.05) is 24.2 Å². The highest BCUT2D eigenvalue weighted by Crippen LogP contribution is 2.23. The van der Waals surface area contributed by atoms with Crippen LogP contribution in [0.15, 0.2) is 48.5 Å². The lowest BCUT2D eigenvalue weighted by Gasteiger charge is -2.32. The fraction of sp³-hybridized carbons (Fsp3) is 0.481. The van der Waals surface area contributed by atoms with E-state index in [9.17, 15) is 18.0 Å². The van der Waals surface area contributed by atoms with Gasteiger partial charge in [-0.05, 0) is 61.6 Å². The molecule has 2 aromatic rings. The van der Waals surface area contributed by atoms with Crippen LogP contribution in [-0.4, -0.2) is 57.1 Å². The Morgan fingerprint density at radius 3 is 2.19 bits per heavy atom. The zero-order chi connectivity index (χ0) is 27.0. The van der Waals surface area contributed by atoms with Gasteiger partial charge in [-0.3, -0.25) is 13.9 Å². The number of sulfonamides is 1. The Morgan fingerprint density at radius 1 is 1.03 bits per heavy atom. The van der Waals surface area contributed by atoms with E-state index in [1.165, 1.54) is 4.90 Å². The number of anilines is 1. The van der Waals surface area contributed by atoms with Crippen molar-refractivity contribution in [3.63, 3.8) is 0 Å². The molecule has 8 nitrogen and oxygen atoms in total. The molecule has 0 aromatic heterocycles. The number of nitrogens with zero attached hydrogens (tertiary/aromatic N) is 2. The van der Waals surface area contributed by atoms with Gasteiger partial charge in [0.2, 0.25) is 21.8 Å². The number of hydrogen-bond donors (Lipinski definition) is 1. The summed E-state index contributed by atoms with van der Waals surface area (Å²) >= 11 is 0. The molecule has 1 N–H and O–H groups in total. The van der Waals surface area contributed by atoms with Crippen LogP contribution in [0.1, 0.15) is 58.1 Å². The third-order valence-corrected chi connectivity index (χ3v) is 7.32. The maximum absolute atomic E-state index is 13.6. The summed E-state index contributed by atoms with van der Waals surface area (Å²) in [5.74, 6) is 0.131. The first-order valence-electron chi connectivity index (χ1n) is 12.2. The molecule has 2 atom stereocenters.